The fourth-order valence-electron chi connectivity index (χ4n) is 1.42. The fourth-order valence-corrected chi connectivity index (χ4v) is 1.42. The van der Waals surface area contributed by atoms with E-state index in [-0.39, 0.29) is 0 Å². The number of para-hydroxylation sites is 1. The number of aromatic amines is 1. The molecule has 2 aromatic rings. The van der Waals surface area contributed by atoms with E-state index in [0.29, 0.717) is 0 Å². The summed E-state index contributed by atoms with van der Waals surface area (Å²) >= 11 is 0. The van der Waals surface area contributed by atoms with Gasteiger partial charge in [-0.2, -0.15) is 0 Å². The first-order valence-corrected chi connectivity index (χ1v) is 5.70. The maximum Gasteiger partial charge on any atom is 0.0456 e. The molecule has 1 aromatic carbocycles. The summed E-state index contributed by atoms with van der Waals surface area (Å²) < 4.78 is 0. The zero-order valence-corrected chi connectivity index (χ0v) is 10.2. The van der Waals surface area contributed by atoms with Crippen LogP contribution in [0.25, 0.3) is 10.9 Å². The Morgan fingerprint density at radius 2 is 1.73 bits per heavy atom. The van der Waals surface area contributed by atoms with Crippen molar-refractivity contribution >= 4 is 10.9 Å². The molecule has 0 spiro atoms. The number of fused-ring (bicyclic) bond motifs is 1. The van der Waals surface area contributed by atoms with Crippen LogP contribution in [0.5, 0.6) is 0 Å². The van der Waals surface area contributed by atoms with Crippen molar-refractivity contribution in [1.82, 2.24) is 4.98 Å². The zero-order valence-electron chi connectivity index (χ0n) is 10.2. The van der Waals surface area contributed by atoms with Crippen molar-refractivity contribution in [2.24, 2.45) is 5.92 Å². The van der Waals surface area contributed by atoms with Crippen molar-refractivity contribution < 1.29 is 0 Å². The number of benzene rings is 1. The highest BCUT2D eigenvalue weighted by atomic mass is 14.7. The summed E-state index contributed by atoms with van der Waals surface area (Å²) in [5.41, 5.74) is 2.64. The molecule has 1 heterocycles. The molecule has 0 unspecified atom stereocenters. The van der Waals surface area contributed by atoms with E-state index in [1.54, 1.807) is 0 Å². The third-order valence-electron chi connectivity index (χ3n) is 2.06. The predicted molar refractivity (Wildman–Crippen MR) is 68.2 cm³/mol. The first-order valence-electron chi connectivity index (χ1n) is 5.70. The molecule has 0 radical (unpaired) electrons. The van der Waals surface area contributed by atoms with E-state index in [9.17, 15) is 0 Å². The SMILES string of the molecule is CC(C)C.CCc1c[nH]c2ccccc12. The lowest BCUT2D eigenvalue weighted by molar-refractivity contribution is 0.737. The van der Waals surface area contributed by atoms with Crippen molar-refractivity contribution in [3.8, 4) is 0 Å². The molecule has 0 aliphatic rings. The van der Waals surface area contributed by atoms with Crippen LogP contribution in [-0.4, -0.2) is 4.98 Å². The average molecular weight is 203 g/mol. The number of rotatable bonds is 1. The molecule has 1 N–H and O–H groups in total. The Kier molecular flexibility index (Phi) is 4.41. The molecule has 1 heteroatoms. The van der Waals surface area contributed by atoms with E-state index in [2.05, 4.69) is 63.1 Å². The Morgan fingerprint density at radius 3 is 2.33 bits per heavy atom. The van der Waals surface area contributed by atoms with Gasteiger partial charge in [-0.05, 0) is 24.0 Å². The van der Waals surface area contributed by atoms with Crippen molar-refractivity contribution in [2.75, 3.05) is 0 Å². The minimum Gasteiger partial charge on any atom is -0.361 e. The van der Waals surface area contributed by atoms with Crippen LogP contribution in [0.2, 0.25) is 0 Å². The van der Waals surface area contributed by atoms with Gasteiger partial charge in [-0.15, -0.1) is 0 Å². The van der Waals surface area contributed by atoms with E-state index in [0.717, 1.165) is 12.3 Å². The van der Waals surface area contributed by atoms with Gasteiger partial charge in [0.05, 0.1) is 0 Å². The minimum absolute atomic E-state index is 0.833. The van der Waals surface area contributed by atoms with Crippen molar-refractivity contribution in [2.45, 2.75) is 34.1 Å². The number of hydrogen-bond acceptors (Lipinski definition) is 0. The topological polar surface area (TPSA) is 15.8 Å². The number of aryl methyl sites for hydroxylation is 1. The molecule has 0 fully saturated rings. The number of aromatic nitrogens is 1. The number of nitrogens with one attached hydrogen (secondary N) is 1. The summed E-state index contributed by atoms with van der Waals surface area (Å²) in [7, 11) is 0. The molecule has 1 nitrogen and oxygen atoms in total. The summed E-state index contributed by atoms with van der Waals surface area (Å²) in [6.45, 7) is 8.68. The van der Waals surface area contributed by atoms with Crippen LogP contribution >= 0.6 is 0 Å². The van der Waals surface area contributed by atoms with Crippen LogP contribution in [0.4, 0.5) is 0 Å². The molecule has 0 amide bonds. The number of H-pyrrole nitrogens is 1. The third kappa shape index (κ3) is 3.43. The van der Waals surface area contributed by atoms with Crippen LogP contribution in [-0.2, 0) is 6.42 Å². The highest BCUT2D eigenvalue weighted by Crippen LogP contribution is 2.17. The first kappa shape index (κ1) is 11.8. The van der Waals surface area contributed by atoms with Gasteiger partial charge in [0.15, 0.2) is 0 Å². The van der Waals surface area contributed by atoms with Gasteiger partial charge < -0.3 is 4.98 Å². The average Bonchev–Trinajstić information content (AvgIpc) is 2.59. The standard InChI is InChI=1S/C10H11N.C4H10/c1-2-8-7-11-10-6-4-3-5-9(8)10;1-4(2)3/h3-7,11H,2H2,1H3;4H,1-3H3. The monoisotopic (exact) mass is 203 g/mol. The molecule has 82 valence electrons. The molecule has 0 aliphatic heterocycles. The molecular weight excluding hydrogens is 182 g/mol. The second-order valence-electron chi connectivity index (χ2n) is 4.45. The van der Waals surface area contributed by atoms with Gasteiger partial charge in [0.2, 0.25) is 0 Å². The highest BCUT2D eigenvalue weighted by molar-refractivity contribution is 5.82. The summed E-state index contributed by atoms with van der Waals surface area (Å²) in [6.07, 6.45) is 3.19. The molecule has 1 aromatic heterocycles. The van der Waals surface area contributed by atoms with Crippen LogP contribution in [0, 0.1) is 5.92 Å². The van der Waals surface area contributed by atoms with Crippen molar-refractivity contribution in [3.05, 3.63) is 36.0 Å². The van der Waals surface area contributed by atoms with Crippen LogP contribution in [0.1, 0.15) is 33.3 Å². The highest BCUT2D eigenvalue weighted by Gasteiger charge is 1.97. The Balaban J connectivity index is 0.000000245. The lowest BCUT2D eigenvalue weighted by Crippen LogP contribution is -1.72. The minimum atomic E-state index is 0.833. The fraction of sp³-hybridized carbons (Fsp3) is 0.429. The van der Waals surface area contributed by atoms with Crippen LogP contribution in [0.3, 0.4) is 0 Å². The lowest BCUT2D eigenvalue weighted by Gasteiger charge is -1.90. The molecule has 0 saturated carbocycles. The Labute approximate surface area is 92.5 Å². The lowest BCUT2D eigenvalue weighted by atomic mass is 10.1. The Bertz CT molecular complexity index is 396. The van der Waals surface area contributed by atoms with Gasteiger partial charge in [0, 0.05) is 17.1 Å². The van der Waals surface area contributed by atoms with Crippen LogP contribution < -0.4 is 0 Å². The van der Waals surface area contributed by atoms with Gasteiger partial charge in [0.25, 0.3) is 0 Å². The van der Waals surface area contributed by atoms with Crippen molar-refractivity contribution in [3.63, 3.8) is 0 Å². The van der Waals surface area contributed by atoms with Crippen LogP contribution in [0.15, 0.2) is 30.5 Å². The summed E-state index contributed by atoms with van der Waals surface area (Å²) in [4.78, 5) is 3.24. The van der Waals surface area contributed by atoms with Gasteiger partial charge >= 0.3 is 0 Å². The summed E-state index contributed by atoms with van der Waals surface area (Å²) in [5.74, 6) is 0.833. The third-order valence-corrected chi connectivity index (χ3v) is 2.06. The zero-order chi connectivity index (χ0) is 11.3. The molecule has 15 heavy (non-hydrogen) atoms. The van der Waals surface area contributed by atoms with Crippen molar-refractivity contribution in [1.29, 1.82) is 0 Å². The maximum absolute atomic E-state index is 3.24. The van der Waals surface area contributed by atoms with Gasteiger partial charge in [0.1, 0.15) is 0 Å². The van der Waals surface area contributed by atoms with Gasteiger partial charge in [-0.25, -0.2) is 0 Å². The quantitative estimate of drug-likeness (QED) is 0.707. The largest absolute Gasteiger partial charge is 0.361 e. The molecule has 0 atom stereocenters. The second kappa shape index (κ2) is 5.59. The maximum atomic E-state index is 3.24. The molecule has 2 rings (SSSR count). The summed E-state index contributed by atoms with van der Waals surface area (Å²) in [5, 5.41) is 1.36. The second-order valence-corrected chi connectivity index (χ2v) is 4.45. The van der Waals surface area contributed by atoms with E-state index in [1.807, 2.05) is 0 Å². The molecule has 0 aliphatic carbocycles. The smallest absolute Gasteiger partial charge is 0.0456 e. The Hall–Kier alpha value is -1.24. The van der Waals surface area contributed by atoms with Gasteiger partial charge in [-0.1, -0.05) is 45.9 Å². The normalized spacial score (nSPS) is 10.2. The summed E-state index contributed by atoms with van der Waals surface area (Å²) in [6, 6.07) is 8.40. The van der Waals surface area contributed by atoms with E-state index < -0.39 is 0 Å². The van der Waals surface area contributed by atoms with E-state index in [1.165, 1.54) is 16.5 Å². The first-order chi connectivity index (χ1) is 7.15. The number of hydrogen-bond donors (Lipinski definition) is 1. The molecular formula is C14H21N. The molecule has 0 saturated heterocycles. The molecule has 0 bridgehead atoms. The Morgan fingerprint density at radius 1 is 1.13 bits per heavy atom. The van der Waals surface area contributed by atoms with E-state index >= 15 is 0 Å². The van der Waals surface area contributed by atoms with Gasteiger partial charge in [-0.3, -0.25) is 0 Å². The van der Waals surface area contributed by atoms with E-state index in [4.69, 9.17) is 0 Å². The predicted octanol–water partition coefficient (Wildman–Crippen LogP) is 4.39.